The Kier molecular flexibility index (Phi) is 2.97. The molecule has 0 saturated heterocycles. The minimum Gasteiger partial charge on any atom is -0.331 e. The first-order valence-electron chi connectivity index (χ1n) is 6.51. The topological polar surface area (TPSA) is 69.6 Å². The van der Waals surface area contributed by atoms with Crippen LogP contribution in [0.4, 0.5) is 0 Å². The number of nitrogens with zero attached hydrogens (tertiary/aromatic N) is 5. The molecule has 3 aromatic heterocycles. The van der Waals surface area contributed by atoms with Gasteiger partial charge in [0.25, 0.3) is 0 Å². The van der Waals surface area contributed by atoms with Crippen molar-refractivity contribution in [2.24, 2.45) is 0 Å². The molecule has 0 N–H and O–H groups in total. The number of hydrogen-bond donors (Lipinski definition) is 0. The number of aryl methyl sites for hydroxylation is 2. The van der Waals surface area contributed by atoms with E-state index in [0.717, 1.165) is 41.1 Å². The number of hydrogen-bond acceptors (Lipinski definition) is 6. The van der Waals surface area contributed by atoms with Crippen LogP contribution in [0.5, 0.6) is 0 Å². The summed E-state index contributed by atoms with van der Waals surface area (Å²) in [6.07, 6.45) is 4.68. The maximum Gasteiger partial charge on any atom is 0.139 e. The number of fused-ring (bicyclic) bond motifs is 1. The molecule has 0 saturated carbocycles. The third-order valence-electron chi connectivity index (χ3n) is 3.32. The van der Waals surface area contributed by atoms with Gasteiger partial charge in [0.05, 0.1) is 11.2 Å². The highest BCUT2D eigenvalue weighted by molar-refractivity contribution is 7.07. The van der Waals surface area contributed by atoms with E-state index in [2.05, 4.69) is 30.2 Å². The molecular formula is C14H11N5OS. The van der Waals surface area contributed by atoms with Crippen molar-refractivity contribution in [1.82, 2.24) is 24.8 Å². The van der Waals surface area contributed by atoms with Gasteiger partial charge in [-0.1, -0.05) is 0 Å². The largest absolute Gasteiger partial charge is 0.331 e. The molecular weight excluding hydrogens is 286 g/mol. The Labute approximate surface area is 124 Å². The van der Waals surface area contributed by atoms with Gasteiger partial charge in [-0.15, -0.1) is 11.3 Å². The average molecular weight is 297 g/mol. The van der Waals surface area contributed by atoms with Crippen LogP contribution in [0.3, 0.4) is 0 Å². The lowest BCUT2D eigenvalue weighted by molar-refractivity contribution is 0.315. The first kappa shape index (κ1) is 12.2. The number of imidazole rings is 1. The molecule has 0 radical (unpaired) electrons. The Morgan fingerprint density at radius 2 is 2.10 bits per heavy atom. The summed E-state index contributed by atoms with van der Waals surface area (Å²) in [5.74, 6) is 0.912. The van der Waals surface area contributed by atoms with E-state index in [-0.39, 0.29) is 0 Å². The molecule has 0 aliphatic rings. The van der Waals surface area contributed by atoms with Gasteiger partial charge < -0.3 is 4.57 Å². The fraction of sp³-hybridized carbons (Fsp3) is 0.143. The molecule has 4 rings (SSSR count). The van der Waals surface area contributed by atoms with E-state index in [1.165, 1.54) is 0 Å². The minimum absolute atomic E-state index is 0.738. The van der Waals surface area contributed by atoms with Crippen LogP contribution in [0.15, 0.2) is 46.1 Å². The third-order valence-corrected chi connectivity index (χ3v) is 3.96. The summed E-state index contributed by atoms with van der Waals surface area (Å²) in [5, 5.41) is 9.76. The standard InChI is InChI=1S/C14H11N5OS/c1-2-12-13(18-20-17-12)7-10(1)14-15-4-6-19(14)5-3-11-8-21-9-16-11/h1-2,4,6-9H,3,5H2. The molecule has 4 aromatic rings. The Hall–Kier alpha value is -2.54. The predicted molar refractivity (Wildman–Crippen MR) is 78.8 cm³/mol. The normalized spacial score (nSPS) is 11.2. The van der Waals surface area contributed by atoms with Crippen molar-refractivity contribution >= 4 is 22.4 Å². The molecule has 0 bridgehead atoms. The first-order chi connectivity index (χ1) is 10.4. The molecule has 7 heteroatoms. The van der Waals surface area contributed by atoms with Gasteiger partial charge in [0.2, 0.25) is 0 Å². The third kappa shape index (κ3) is 2.31. The molecule has 0 fully saturated rings. The van der Waals surface area contributed by atoms with Crippen LogP contribution in [0, 0.1) is 0 Å². The van der Waals surface area contributed by atoms with E-state index < -0.39 is 0 Å². The van der Waals surface area contributed by atoms with Crippen LogP contribution in [-0.2, 0) is 13.0 Å². The molecule has 0 aliphatic carbocycles. The van der Waals surface area contributed by atoms with Crippen molar-refractivity contribution in [3.8, 4) is 11.4 Å². The van der Waals surface area contributed by atoms with E-state index in [4.69, 9.17) is 4.63 Å². The maximum atomic E-state index is 4.73. The summed E-state index contributed by atoms with van der Waals surface area (Å²) in [5.41, 5.74) is 5.45. The van der Waals surface area contributed by atoms with Crippen molar-refractivity contribution in [1.29, 1.82) is 0 Å². The van der Waals surface area contributed by atoms with Crippen LogP contribution >= 0.6 is 11.3 Å². The fourth-order valence-corrected chi connectivity index (χ4v) is 2.86. The second kappa shape index (κ2) is 5.10. The molecule has 0 spiro atoms. The summed E-state index contributed by atoms with van der Waals surface area (Å²) in [4.78, 5) is 8.75. The van der Waals surface area contributed by atoms with Crippen molar-refractivity contribution in [3.63, 3.8) is 0 Å². The SMILES string of the molecule is c1cn(CCc2cscn2)c(-c2ccc3nonc3c2)n1. The van der Waals surface area contributed by atoms with Crippen molar-refractivity contribution in [2.75, 3.05) is 0 Å². The van der Waals surface area contributed by atoms with Gasteiger partial charge in [0, 0.05) is 36.3 Å². The number of aromatic nitrogens is 5. The van der Waals surface area contributed by atoms with Crippen LogP contribution in [0.25, 0.3) is 22.4 Å². The molecule has 0 aliphatic heterocycles. The lowest BCUT2D eigenvalue weighted by Crippen LogP contribution is -2.02. The van der Waals surface area contributed by atoms with E-state index >= 15 is 0 Å². The summed E-state index contributed by atoms with van der Waals surface area (Å²) in [6, 6.07) is 5.81. The zero-order valence-corrected chi connectivity index (χ0v) is 11.8. The van der Waals surface area contributed by atoms with E-state index in [0.29, 0.717) is 0 Å². The fourth-order valence-electron chi connectivity index (χ4n) is 2.27. The summed E-state index contributed by atoms with van der Waals surface area (Å²) in [7, 11) is 0. The monoisotopic (exact) mass is 297 g/mol. The lowest BCUT2D eigenvalue weighted by atomic mass is 10.2. The zero-order chi connectivity index (χ0) is 14.1. The Morgan fingerprint density at radius 1 is 1.14 bits per heavy atom. The molecule has 0 amide bonds. The van der Waals surface area contributed by atoms with Crippen LogP contribution < -0.4 is 0 Å². The van der Waals surface area contributed by atoms with E-state index in [1.54, 1.807) is 11.3 Å². The first-order valence-corrected chi connectivity index (χ1v) is 7.45. The number of rotatable bonds is 4. The van der Waals surface area contributed by atoms with Gasteiger partial charge in [-0.2, -0.15) is 0 Å². The van der Waals surface area contributed by atoms with Crippen LogP contribution in [0.1, 0.15) is 5.69 Å². The van der Waals surface area contributed by atoms with Crippen molar-refractivity contribution in [2.45, 2.75) is 13.0 Å². The van der Waals surface area contributed by atoms with Gasteiger partial charge in [-0.05, 0) is 28.5 Å². The Bertz CT molecular complexity index is 864. The van der Waals surface area contributed by atoms with Crippen LogP contribution in [0.2, 0.25) is 0 Å². The van der Waals surface area contributed by atoms with Gasteiger partial charge >= 0.3 is 0 Å². The molecule has 0 atom stereocenters. The highest BCUT2D eigenvalue weighted by atomic mass is 32.1. The quantitative estimate of drug-likeness (QED) is 0.579. The minimum atomic E-state index is 0.738. The molecule has 0 unspecified atom stereocenters. The van der Waals surface area contributed by atoms with E-state index in [1.807, 2.05) is 36.1 Å². The smallest absolute Gasteiger partial charge is 0.139 e. The number of benzene rings is 1. The van der Waals surface area contributed by atoms with Gasteiger partial charge in [-0.3, -0.25) is 0 Å². The number of thiazole rings is 1. The second-order valence-corrected chi connectivity index (χ2v) is 5.36. The Morgan fingerprint density at radius 3 is 3.00 bits per heavy atom. The summed E-state index contributed by atoms with van der Waals surface area (Å²) >= 11 is 1.62. The molecule has 6 nitrogen and oxygen atoms in total. The highest BCUT2D eigenvalue weighted by Crippen LogP contribution is 2.21. The highest BCUT2D eigenvalue weighted by Gasteiger charge is 2.09. The molecule has 104 valence electrons. The lowest BCUT2D eigenvalue weighted by Gasteiger charge is -2.06. The summed E-state index contributed by atoms with van der Waals surface area (Å²) < 4.78 is 6.85. The predicted octanol–water partition coefficient (Wildman–Crippen LogP) is 2.79. The van der Waals surface area contributed by atoms with E-state index in [9.17, 15) is 0 Å². The van der Waals surface area contributed by atoms with Crippen molar-refractivity contribution in [3.05, 3.63) is 47.2 Å². The van der Waals surface area contributed by atoms with Gasteiger partial charge in [0.15, 0.2) is 0 Å². The van der Waals surface area contributed by atoms with Crippen molar-refractivity contribution < 1.29 is 4.63 Å². The maximum absolute atomic E-state index is 4.73. The van der Waals surface area contributed by atoms with Crippen LogP contribution in [-0.4, -0.2) is 24.8 Å². The molecule has 1 aromatic carbocycles. The Balaban J connectivity index is 1.64. The molecule has 21 heavy (non-hydrogen) atoms. The summed E-state index contributed by atoms with van der Waals surface area (Å²) in [6.45, 7) is 0.841. The van der Waals surface area contributed by atoms with Gasteiger partial charge in [-0.25, -0.2) is 14.6 Å². The van der Waals surface area contributed by atoms with Gasteiger partial charge in [0.1, 0.15) is 16.9 Å². The zero-order valence-electron chi connectivity index (χ0n) is 11.0. The second-order valence-electron chi connectivity index (χ2n) is 4.64. The molecule has 3 heterocycles. The average Bonchev–Trinajstić information content (AvgIpc) is 3.24.